The second-order valence-corrected chi connectivity index (χ2v) is 5.95. The lowest BCUT2D eigenvalue weighted by molar-refractivity contribution is 0.0251. The third kappa shape index (κ3) is 4.82. The van der Waals surface area contributed by atoms with Crippen LogP contribution in [0.1, 0.15) is 40.0 Å². The number of likely N-dealkylation sites (tertiary alicyclic amines) is 1. The van der Waals surface area contributed by atoms with Crippen LogP contribution < -0.4 is 5.73 Å². The van der Waals surface area contributed by atoms with Gasteiger partial charge in [0.2, 0.25) is 0 Å². The molecule has 106 valence electrons. The molecule has 1 amide bonds. The number of carbonyl (C=O) groups is 1. The van der Waals surface area contributed by atoms with E-state index in [1.807, 2.05) is 20.8 Å². The number of nitrogens with zero attached hydrogens (tertiary/aromatic N) is 1. The Kier molecular flexibility index (Phi) is 5.41. The Morgan fingerprint density at radius 3 is 2.56 bits per heavy atom. The fourth-order valence-corrected chi connectivity index (χ4v) is 2.21. The van der Waals surface area contributed by atoms with Gasteiger partial charge in [-0.05, 0) is 52.5 Å². The summed E-state index contributed by atoms with van der Waals surface area (Å²) in [6, 6.07) is 0. The molecular weight excluding hydrogens is 232 g/mol. The van der Waals surface area contributed by atoms with Gasteiger partial charge in [-0.15, -0.1) is 0 Å². The summed E-state index contributed by atoms with van der Waals surface area (Å²) in [5, 5.41) is 9.98. The van der Waals surface area contributed by atoms with Crippen molar-refractivity contribution >= 4 is 6.09 Å². The fourth-order valence-electron chi connectivity index (χ4n) is 2.21. The van der Waals surface area contributed by atoms with Gasteiger partial charge in [-0.2, -0.15) is 0 Å². The maximum atomic E-state index is 11.9. The first-order chi connectivity index (χ1) is 8.33. The molecule has 3 N–H and O–H groups in total. The number of rotatable bonds is 2. The lowest BCUT2D eigenvalue weighted by atomic mass is 9.94. The largest absolute Gasteiger partial charge is 0.444 e. The number of hydrogen-bond donors (Lipinski definition) is 2. The SMILES string of the molecule is CC(C)(C)OC(=O)N1CCC(O)C(CCN)CC1. The zero-order chi connectivity index (χ0) is 13.8. The van der Waals surface area contributed by atoms with Crippen molar-refractivity contribution in [1.29, 1.82) is 0 Å². The maximum absolute atomic E-state index is 11.9. The van der Waals surface area contributed by atoms with Gasteiger partial charge in [-0.3, -0.25) is 0 Å². The number of aliphatic hydroxyl groups is 1. The lowest BCUT2D eigenvalue weighted by Crippen LogP contribution is -2.37. The van der Waals surface area contributed by atoms with Crippen molar-refractivity contribution < 1.29 is 14.6 Å². The second kappa shape index (κ2) is 6.38. The zero-order valence-electron chi connectivity index (χ0n) is 11.7. The van der Waals surface area contributed by atoms with Gasteiger partial charge < -0.3 is 20.5 Å². The predicted molar refractivity (Wildman–Crippen MR) is 70.2 cm³/mol. The van der Waals surface area contributed by atoms with Crippen LogP contribution in [-0.2, 0) is 4.74 Å². The van der Waals surface area contributed by atoms with Crippen LogP contribution in [0.2, 0.25) is 0 Å². The summed E-state index contributed by atoms with van der Waals surface area (Å²) in [4.78, 5) is 13.6. The second-order valence-electron chi connectivity index (χ2n) is 5.95. The summed E-state index contributed by atoms with van der Waals surface area (Å²) >= 11 is 0. The molecule has 0 spiro atoms. The fraction of sp³-hybridized carbons (Fsp3) is 0.923. The van der Waals surface area contributed by atoms with Gasteiger partial charge in [0.05, 0.1) is 6.10 Å². The molecule has 1 heterocycles. The average molecular weight is 258 g/mol. The molecule has 2 atom stereocenters. The number of hydrogen-bond acceptors (Lipinski definition) is 4. The Bertz CT molecular complexity index is 276. The molecule has 0 aromatic heterocycles. The Morgan fingerprint density at radius 1 is 1.39 bits per heavy atom. The van der Waals surface area contributed by atoms with Gasteiger partial charge >= 0.3 is 6.09 Å². The number of aliphatic hydroxyl groups excluding tert-OH is 1. The molecular formula is C13H26N2O3. The van der Waals surface area contributed by atoms with E-state index in [0.29, 0.717) is 26.1 Å². The molecule has 18 heavy (non-hydrogen) atoms. The van der Waals surface area contributed by atoms with Crippen molar-refractivity contribution in [3.05, 3.63) is 0 Å². The Balaban J connectivity index is 2.53. The van der Waals surface area contributed by atoms with Gasteiger partial charge in [0.25, 0.3) is 0 Å². The van der Waals surface area contributed by atoms with Crippen molar-refractivity contribution in [3.8, 4) is 0 Å². The number of ether oxygens (including phenoxy) is 1. The topological polar surface area (TPSA) is 75.8 Å². The third-order valence-electron chi connectivity index (χ3n) is 3.20. The highest BCUT2D eigenvalue weighted by Crippen LogP contribution is 2.22. The highest BCUT2D eigenvalue weighted by atomic mass is 16.6. The molecule has 0 aliphatic carbocycles. The smallest absolute Gasteiger partial charge is 0.410 e. The average Bonchev–Trinajstić information content (AvgIpc) is 2.40. The van der Waals surface area contributed by atoms with Crippen LogP contribution in [0.4, 0.5) is 4.79 Å². The first kappa shape index (κ1) is 15.2. The molecule has 1 fully saturated rings. The zero-order valence-corrected chi connectivity index (χ0v) is 11.7. The summed E-state index contributed by atoms with van der Waals surface area (Å²) in [5.41, 5.74) is 5.06. The van der Waals surface area contributed by atoms with Crippen LogP contribution in [0.3, 0.4) is 0 Å². The highest BCUT2D eigenvalue weighted by molar-refractivity contribution is 5.68. The van der Waals surface area contributed by atoms with Crippen LogP contribution in [0.15, 0.2) is 0 Å². The maximum Gasteiger partial charge on any atom is 0.410 e. The monoisotopic (exact) mass is 258 g/mol. The number of amides is 1. The molecule has 1 saturated heterocycles. The summed E-state index contributed by atoms with van der Waals surface area (Å²) in [7, 11) is 0. The van der Waals surface area contributed by atoms with Crippen LogP contribution in [0.25, 0.3) is 0 Å². The first-order valence-corrected chi connectivity index (χ1v) is 6.69. The summed E-state index contributed by atoms with van der Waals surface area (Å²) in [6.45, 7) is 7.33. The molecule has 1 aliphatic heterocycles. The van der Waals surface area contributed by atoms with Gasteiger partial charge in [0.1, 0.15) is 5.60 Å². The van der Waals surface area contributed by atoms with E-state index in [-0.39, 0.29) is 18.1 Å². The Hall–Kier alpha value is -0.810. The minimum absolute atomic E-state index is 0.197. The van der Waals surface area contributed by atoms with Gasteiger partial charge in [0, 0.05) is 13.1 Å². The van der Waals surface area contributed by atoms with E-state index >= 15 is 0 Å². The van der Waals surface area contributed by atoms with Crippen molar-refractivity contribution in [3.63, 3.8) is 0 Å². The van der Waals surface area contributed by atoms with Crippen LogP contribution in [-0.4, -0.2) is 47.4 Å². The van der Waals surface area contributed by atoms with Crippen molar-refractivity contribution in [2.45, 2.75) is 51.7 Å². The van der Waals surface area contributed by atoms with Gasteiger partial charge in [0.15, 0.2) is 0 Å². The van der Waals surface area contributed by atoms with Crippen LogP contribution in [0.5, 0.6) is 0 Å². The molecule has 5 nitrogen and oxygen atoms in total. The molecule has 0 aromatic carbocycles. The minimum Gasteiger partial charge on any atom is -0.444 e. The number of nitrogens with two attached hydrogens (primary N) is 1. The lowest BCUT2D eigenvalue weighted by Gasteiger charge is -2.26. The Labute approximate surface area is 109 Å². The third-order valence-corrected chi connectivity index (χ3v) is 3.20. The first-order valence-electron chi connectivity index (χ1n) is 6.69. The van der Waals surface area contributed by atoms with E-state index in [9.17, 15) is 9.90 Å². The molecule has 2 unspecified atom stereocenters. The molecule has 0 radical (unpaired) electrons. The van der Waals surface area contributed by atoms with Gasteiger partial charge in [-0.1, -0.05) is 0 Å². The van der Waals surface area contributed by atoms with E-state index in [1.54, 1.807) is 4.90 Å². The number of carbonyl (C=O) groups excluding carboxylic acids is 1. The van der Waals surface area contributed by atoms with Crippen molar-refractivity contribution in [2.24, 2.45) is 11.7 Å². The molecule has 0 bridgehead atoms. The summed E-state index contributed by atoms with van der Waals surface area (Å²) < 4.78 is 5.34. The van der Waals surface area contributed by atoms with E-state index < -0.39 is 5.60 Å². The van der Waals surface area contributed by atoms with E-state index in [4.69, 9.17) is 10.5 Å². The summed E-state index contributed by atoms with van der Waals surface area (Å²) in [6.07, 6.45) is 1.55. The van der Waals surface area contributed by atoms with Crippen LogP contribution >= 0.6 is 0 Å². The molecule has 5 heteroatoms. The quantitative estimate of drug-likeness (QED) is 0.784. The molecule has 0 saturated carbocycles. The van der Waals surface area contributed by atoms with Crippen molar-refractivity contribution in [1.82, 2.24) is 4.90 Å². The van der Waals surface area contributed by atoms with E-state index in [2.05, 4.69) is 0 Å². The van der Waals surface area contributed by atoms with Crippen molar-refractivity contribution in [2.75, 3.05) is 19.6 Å². The van der Waals surface area contributed by atoms with Crippen LogP contribution in [0, 0.1) is 5.92 Å². The normalized spacial score (nSPS) is 25.7. The molecule has 0 aromatic rings. The standard InChI is InChI=1S/C13H26N2O3/c1-13(2,3)18-12(17)15-8-5-10(4-7-14)11(16)6-9-15/h10-11,16H,4-9,14H2,1-3H3. The molecule has 1 rings (SSSR count). The van der Waals surface area contributed by atoms with Gasteiger partial charge in [-0.25, -0.2) is 4.79 Å². The minimum atomic E-state index is -0.474. The Morgan fingerprint density at radius 2 is 2.00 bits per heavy atom. The molecule has 1 aliphatic rings. The summed E-state index contributed by atoms with van der Waals surface area (Å²) in [5.74, 6) is 0.197. The predicted octanol–water partition coefficient (Wildman–Crippen LogP) is 1.34. The highest BCUT2D eigenvalue weighted by Gasteiger charge is 2.28. The van der Waals surface area contributed by atoms with E-state index in [0.717, 1.165) is 12.8 Å². The van der Waals surface area contributed by atoms with E-state index in [1.165, 1.54) is 0 Å².